The van der Waals surface area contributed by atoms with Crippen LogP contribution in [0.25, 0.3) is 11.3 Å². The van der Waals surface area contributed by atoms with E-state index in [1.807, 2.05) is 17.9 Å². The normalized spacial score (nSPS) is 12.9. The van der Waals surface area contributed by atoms with Crippen molar-refractivity contribution in [3.8, 4) is 11.3 Å². The summed E-state index contributed by atoms with van der Waals surface area (Å²) in [6.45, 7) is 4.29. The van der Waals surface area contributed by atoms with Gasteiger partial charge in [-0.1, -0.05) is 13.8 Å². The zero-order valence-corrected chi connectivity index (χ0v) is 10.2. The summed E-state index contributed by atoms with van der Waals surface area (Å²) in [4.78, 5) is 8.42. The Balaban J connectivity index is 2.29. The number of nitrogens with zero attached hydrogens (tertiary/aromatic N) is 4. The molecule has 2 heterocycles. The number of nitrogens with two attached hydrogens (primary N) is 1. The molecule has 2 aromatic heterocycles. The molecule has 0 saturated carbocycles. The molecular formula is C12H15N5. The SMILES string of the molecule is CC(C)c1nn(C)c2c1-c1nc(N)ncc1C2. The Labute approximate surface area is 99.7 Å². The van der Waals surface area contributed by atoms with Crippen molar-refractivity contribution in [2.45, 2.75) is 26.2 Å². The lowest BCUT2D eigenvalue weighted by molar-refractivity contribution is 0.689. The van der Waals surface area contributed by atoms with Crippen molar-refractivity contribution >= 4 is 5.95 Å². The van der Waals surface area contributed by atoms with E-state index in [1.54, 1.807) is 0 Å². The van der Waals surface area contributed by atoms with E-state index in [9.17, 15) is 0 Å². The number of rotatable bonds is 1. The molecule has 0 aromatic carbocycles. The zero-order chi connectivity index (χ0) is 12.2. The van der Waals surface area contributed by atoms with E-state index in [1.165, 1.54) is 5.69 Å². The minimum Gasteiger partial charge on any atom is -0.368 e. The van der Waals surface area contributed by atoms with Gasteiger partial charge >= 0.3 is 0 Å². The lowest BCUT2D eigenvalue weighted by atomic mass is 10.0. The quantitative estimate of drug-likeness (QED) is 0.686. The first-order valence-electron chi connectivity index (χ1n) is 5.75. The highest BCUT2D eigenvalue weighted by atomic mass is 15.3. The second-order valence-electron chi connectivity index (χ2n) is 4.76. The molecule has 5 heteroatoms. The Kier molecular flexibility index (Phi) is 1.98. The maximum absolute atomic E-state index is 5.67. The molecule has 0 amide bonds. The lowest BCUT2D eigenvalue weighted by Gasteiger charge is -2.04. The fourth-order valence-electron chi connectivity index (χ4n) is 2.39. The summed E-state index contributed by atoms with van der Waals surface area (Å²) in [6.07, 6.45) is 2.67. The average Bonchev–Trinajstić information content (AvgIpc) is 2.77. The van der Waals surface area contributed by atoms with Gasteiger partial charge < -0.3 is 5.73 Å². The van der Waals surface area contributed by atoms with E-state index in [0.717, 1.165) is 28.9 Å². The van der Waals surface area contributed by atoms with Crippen LogP contribution in [0.3, 0.4) is 0 Å². The van der Waals surface area contributed by atoms with Crippen molar-refractivity contribution in [3.05, 3.63) is 23.1 Å². The summed E-state index contributed by atoms with van der Waals surface area (Å²) >= 11 is 0. The summed E-state index contributed by atoms with van der Waals surface area (Å²) in [6, 6.07) is 0. The second kappa shape index (κ2) is 3.29. The summed E-state index contributed by atoms with van der Waals surface area (Å²) < 4.78 is 1.95. The van der Waals surface area contributed by atoms with Gasteiger partial charge in [0.25, 0.3) is 0 Å². The number of aromatic nitrogens is 4. The van der Waals surface area contributed by atoms with E-state index >= 15 is 0 Å². The number of anilines is 1. The lowest BCUT2D eigenvalue weighted by Crippen LogP contribution is -2.01. The molecule has 5 nitrogen and oxygen atoms in total. The minimum atomic E-state index is 0.329. The van der Waals surface area contributed by atoms with Gasteiger partial charge in [0, 0.05) is 30.8 Å². The van der Waals surface area contributed by atoms with Gasteiger partial charge in [-0.3, -0.25) is 4.68 Å². The van der Waals surface area contributed by atoms with Gasteiger partial charge in [-0.05, 0) is 5.92 Å². The first-order chi connectivity index (χ1) is 8.08. The van der Waals surface area contributed by atoms with Crippen LogP contribution in [0, 0.1) is 0 Å². The highest BCUT2D eigenvalue weighted by Crippen LogP contribution is 2.39. The second-order valence-corrected chi connectivity index (χ2v) is 4.76. The Morgan fingerprint density at radius 1 is 1.41 bits per heavy atom. The standard InChI is InChI=1S/C12H15N5/c1-6(2)10-9-8(17(3)16-10)4-7-5-14-12(13)15-11(7)9/h5-6H,4H2,1-3H3,(H2,13,14,15). The van der Waals surface area contributed by atoms with Gasteiger partial charge in [0.15, 0.2) is 0 Å². The molecule has 0 unspecified atom stereocenters. The van der Waals surface area contributed by atoms with E-state index in [2.05, 4.69) is 28.9 Å². The Bertz CT molecular complexity index is 597. The molecule has 3 rings (SSSR count). The molecule has 0 bridgehead atoms. The molecule has 0 atom stereocenters. The number of fused-ring (bicyclic) bond motifs is 3. The third-order valence-corrected chi connectivity index (χ3v) is 3.22. The zero-order valence-electron chi connectivity index (χ0n) is 10.2. The third kappa shape index (κ3) is 1.35. The highest BCUT2D eigenvalue weighted by molar-refractivity contribution is 5.75. The molecule has 0 radical (unpaired) electrons. The molecule has 0 fully saturated rings. The molecule has 2 aromatic rings. The van der Waals surface area contributed by atoms with Gasteiger partial charge in [-0.15, -0.1) is 0 Å². The van der Waals surface area contributed by atoms with Crippen molar-refractivity contribution in [2.75, 3.05) is 5.73 Å². The number of hydrogen-bond donors (Lipinski definition) is 1. The van der Waals surface area contributed by atoms with Crippen LogP contribution in [0.4, 0.5) is 5.95 Å². The largest absolute Gasteiger partial charge is 0.368 e. The van der Waals surface area contributed by atoms with Crippen LogP contribution in [0.5, 0.6) is 0 Å². The fraction of sp³-hybridized carbons (Fsp3) is 0.417. The van der Waals surface area contributed by atoms with Crippen LogP contribution in [-0.4, -0.2) is 19.7 Å². The molecular weight excluding hydrogens is 214 g/mol. The van der Waals surface area contributed by atoms with Gasteiger partial charge in [0.1, 0.15) is 0 Å². The van der Waals surface area contributed by atoms with Crippen molar-refractivity contribution in [3.63, 3.8) is 0 Å². The van der Waals surface area contributed by atoms with E-state index in [4.69, 9.17) is 5.73 Å². The van der Waals surface area contributed by atoms with Crippen LogP contribution in [-0.2, 0) is 13.5 Å². The van der Waals surface area contributed by atoms with Crippen LogP contribution in [0.1, 0.15) is 36.7 Å². The van der Waals surface area contributed by atoms with Crippen LogP contribution in [0.15, 0.2) is 6.20 Å². The van der Waals surface area contributed by atoms with E-state index in [0.29, 0.717) is 11.9 Å². The first-order valence-corrected chi connectivity index (χ1v) is 5.75. The molecule has 0 spiro atoms. The smallest absolute Gasteiger partial charge is 0.220 e. The van der Waals surface area contributed by atoms with Crippen LogP contribution >= 0.6 is 0 Å². The maximum Gasteiger partial charge on any atom is 0.220 e. The summed E-state index contributed by atoms with van der Waals surface area (Å²) in [5.74, 6) is 0.710. The molecule has 0 aliphatic heterocycles. The molecule has 0 saturated heterocycles. The van der Waals surface area contributed by atoms with Crippen LogP contribution < -0.4 is 5.73 Å². The number of aryl methyl sites for hydroxylation is 1. The topological polar surface area (TPSA) is 69.6 Å². The summed E-state index contributed by atoms with van der Waals surface area (Å²) in [5, 5.41) is 4.58. The highest BCUT2D eigenvalue weighted by Gasteiger charge is 2.29. The molecule has 1 aliphatic carbocycles. The Morgan fingerprint density at radius 2 is 2.18 bits per heavy atom. The minimum absolute atomic E-state index is 0.329. The summed E-state index contributed by atoms with van der Waals surface area (Å²) in [7, 11) is 1.98. The Morgan fingerprint density at radius 3 is 2.88 bits per heavy atom. The third-order valence-electron chi connectivity index (χ3n) is 3.22. The van der Waals surface area contributed by atoms with Crippen molar-refractivity contribution in [2.24, 2.45) is 7.05 Å². The maximum atomic E-state index is 5.67. The van der Waals surface area contributed by atoms with Crippen molar-refractivity contribution in [1.82, 2.24) is 19.7 Å². The van der Waals surface area contributed by atoms with Crippen LogP contribution in [0.2, 0.25) is 0 Å². The average molecular weight is 229 g/mol. The number of nitrogen functional groups attached to an aromatic ring is 1. The first kappa shape index (κ1) is 10.3. The molecule has 2 N–H and O–H groups in total. The fourth-order valence-corrected chi connectivity index (χ4v) is 2.39. The van der Waals surface area contributed by atoms with E-state index < -0.39 is 0 Å². The number of hydrogen-bond acceptors (Lipinski definition) is 4. The monoisotopic (exact) mass is 229 g/mol. The Hall–Kier alpha value is -1.91. The molecule has 1 aliphatic rings. The van der Waals surface area contributed by atoms with Gasteiger partial charge in [0.05, 0.1) is 17.1 Å². The van der Waals surface area contributed by atoms with Crippen molar-refractivity contribution in [1.29, 1.82) is 0 Å². The van der Waals surface area contributed by atoms with Gasteiger partial charge in [-0.25, -0.2) is 9.97 Å². The van der Waals surface area contributed by atoms with E-state index in [-0.39, 0.29) is 0 Å². The predicted octanol–water partition coefficient (Wildman–Crippen LogP) is 1.49. The summed E-state index contributed by atoms with van der Waals surface area (Å²) in [5.41, 5.74) is 11.2. The van der Waals surface area contributed by atoms with Gasteiger partial charge in [-0.2, -0.15) is 5.10 Å². The molecule has 17 heavy (non-hydrogen) atoms. The van der Waals surface area contributed by atoms with Gasteiger partial charge in [0.2, 0.25) is 5.95 Å². The van der Waals surface area contributed by atoms with Crippen molar-refractivity contribution < 1.29 is 0 Å². The predicted molar refractivity (Wildman–Crippen MR) is 65.5 cm³/mol. The molecule has 88 valence electrons.